The summed E-state index contributed by atoms with van der Waals surface area (Å²) in [7, 11) is 0. The fourth-order valence-corrected chi connectivity index (χ4v) is 3.27. The van der Waals surface area contributed by atoms with Crippen LogP contribution in [0, 0.1) is 23.7 Å². The molecule has 0 N–H and O–H groups in total. The first-order chi connectivity index (χ1) is 6.31. The fourth-order valence-electron chi connectivity index (χ4n) is 3.27. The van der Waals surface area contributed by atoms with Gasteiger partial charge in [-0.25, -0.2) is 0 Å². The molecule has 0 bridgehead atoms. The zero-order chi connectivity index (χ0) is 9.26. The third-order valence-electron chi connectivity index (χ3n) is 4.49. The van der Waals surface area contributed by atoms with E-state index < -0.39 is 0 Å². The van der Waals surface area contributed by atoms with Crippen LogP contribution in [-0.4, -0.2) is 0 Å². The maximum Gasteiger partial charge on any atom is -0.0406 e. The van der Waals surface area contributed by atoms with Crippen molar-refractivity contribution in [1.82, 2.24) is 0 Å². The van der Waals surface area contributed by atoms with Crippen LogP contribution < -0.4 is 0 Å². The molecular formula is C13H24. The topological polar surface area (TPSA) is 0 Å². The van der Waals surface area contributed by atoms with Crippen molar-refractivity contribution >= 4 is 0 Å². The Morgan fingerprint density at radius 2 is 1.08 bits per heavy atom. The van der Waals surface area contributed by atoms with Crippen LogP contribution in [0.25, 0.3) is 0 Å². The quantitative estimate of drug-likeness (QED) is 0.606. The number of rotatable bonds is 4. The van der Waals surface area contributed by atoms with E-state index in [0.29, 0.717) is 0 Å². The molecule has 0 aromatic carbocycles. The van der Waals surface area contributed by atoms with Gasteiger partial charge in [0, 0.05) is 0 Å². The molecule has 0 saturated heterocycles. The van der Waals surface area contributed by atoms with Crippen molar-refractivity contribution in [2.45, 2.75) is 58.8 Å². The van der Waals surface area contributed by atoms with Crippen LogP contribution in [0.4, 0.5) is 0 Å². The molecule has 2 aliphatic rings. The lowest BCUT2D eigenvalue weighted by Crippen LogP contribution is -2.30. The zero-order valence-corrected chi connectivity index (χ0v) is 9.26. The van der Waals surface area contributed by atoms with E-state index >= 15 is 0 Å². The summed E-state index contributed by atoms with van der Waals surface area (Å²) in [5.41, 5.74) is 0. The highest BCUT2D eigenvalue weighted by Crippen LogP contribution is 2.46. The van der Waals surface area contributed by atoms with E-state index in [9.17, 15) is 0 Å². The van der Waals surface area contributed by atoms with Crippen molar-refractivity contribution in [3.8, 4) is 0 Å². The first kappa shape index (κ1) is 9.55. The summed E-state index contributed by atoms with van der Waals surface area (Å²) in [6, 6.07) is 0. The molecule has 0 heterocycles. The van der Waals surface area contributed by atoms with E-state index in [1.807, 2.05) is 0 Å². The van der Waals surface area contributed by atoms with Crippen molar-refractivity contribution in [2.24, 2.45) is 23.7 Å². The lowest BCUT2D eigenvalue weighted by molar-refractivity contribution is 0.0937. The standard InChI is InChI=1S/C13H24/c1-3-10-5-12(6-10)9-13-7-11(4-2)8-13/h10-13H,3-9H2,1-2H3. The molecule has 2 fully saturated rings. The Morgan fingerprint density at radius 3 is 1.38 bits per heavy atom. The third-order valence-corrected chi connectivity index (χ3v) is 4.49. The molecule has 2 rings (SSSR count). The second kappa shape index (κ2) is 4.02. The number of hydrogen-bond acceptors (Lipinski definition) is 0. The Labute approximate surface area is 83.1 Å². The van der Waals surface area contributed by atoms with Crippen LogP contribution in [0.3, 0.4) is 0 Å². The van der Waals surface area contributed by atoms with Crippen LogP contribution in [0.2, 0.25) is 0 Å². The van der Waals surface area contributed by atoms with Gasteiger partial charge in [-0.3, -0.25) is 0 Å². The van der Waals surface area contributed by atoms with E-state index in [4.69, 9.17) is 0 Å². The third kappa shape index (κ3) is 2.08. The molecule has 2 saturated carbocycles. The second-order valence-electron chi connectivity index (χ2n) is 5.46. The van der Waals surface area contributed by atoms with Crippen molar-refractivity contribution < 1.29 is 0 Å². The summed E-state index contributed by atoms with van der Waals surface area (Å²) in [6.07, 6.45) is 10.7. The highest BCUT2D eigenvalue weighted by molar-refractivity contribution is 4.85. The lowest BCUT2D eigenvalue weighted by Gasteiger charge is -2.42. The highest BCUT2D eigenvalue weighted by atomic mass is 14.4. The van der Waals surface area contributed by atoms with Crippen LogP contribution in [-0.2, 0) is 0 Å². The van der Waals surface area contributed by atoms with Crippen molar-refractivity contribution in [1.29, 1.82) is 0 Å². The van der Waals surface area contributed by atoms with Crippen molar-refractivity contribution in [2.75, 3.05) is 0 Å². The molecule has 2 aliphatic carbocycles. The van der Waals surface area contributed by atoms with Crippen molar-refractivity contribution in [3.05, 3.63) is 0 Å². The Bertz CT molecular complexity index is 131. The molecule has 76 valence electrons. The van der Waals surface area contributed by atoms with Gasteiger partial charge >= 0.3 is 0 Å². The van der Waals surface area contributed by atoms with Gasteiger partial charge in [-0.2, -0.15) is 0 Å². The minimum Gasteiger partial charge on any atom is -0.0651 e. The Morgan fingerprint density at radius 1 is 0.692 bits per heavy atom. The minimum atomic E-state index is 1.10. The zero-order valence-electron chi connectivity index (χ0n) is 9.26. The van der Waals surface area contributed by atoms with E-state index in [1.54, 1.807) is 32.1 Å². The van der Waals surface area contributed by atoms with Gasteiger partial charge in [0.05, 0.1) is 0 Å². The Kier molecular flexibility index (Phi) is 2.96. The average Bonchev–Trinajstić information content (AvgIpc) is 1.99. The molecule has 0 amide bonds. The minimum absolute atomic E-state index is 1.10. The summed E-state index contributed by atoms with van der Waals surface area (Å²) in [5, 5.41) is 0. The Hall–Kier alpha value is 0. The smallest absolute Gasteiger partial charge is 0.0406 e. The predicted molar refractivity (Wildman–Crippen MR) is 57.6 cm³/mol. The van der Waals surface area contributed by atoms with Crippen LogP contribution in [0.1, 0.15) is 58.8 Å². The van der Waals surface area contributed by atoms with Crippen molar-refractivity contribution in [3.63, 3.8) is 0 Å². The summed E-state index contributed by atoms with van der Waals surface area (Å²) in [6.45, 7) is 4.69. The van der Waals surface area contributed by atoms with E-state index in [-0.39, 0.29) is 0 Å². The van der Waals surface area contributed by atoms with Crippen LogP contribution >= 0.6 is 0 Å². The predicted octanol–water partition coefficient (Wildman–Crippen LogP) is 4.25. The first-order valence-electron chi connectivity index (χ1n) is 6.31. The van der Waals surface area contributed by atoms with Gasteiger partial charge in [0.25, 0.3) is 0 Å². The molecule has 0 aromatic rings. The SMILES string of the molecule is CCC1CC(CC2CC(CC)C2)C1. The van der Waals surface area contributed by atoms with Gasteiger partial charge in [0.1, 0.15) is 0 Å². The largest absolute Gasteiger partial charge is 0.0651 e. The molecule has 0 aromatic heterocycles. The summed E-state index contributed by atoms with van der Waals surface area (Å²) >= 11 is 0. The molecule has 13 heavy (non-hydrogen) atoms. The van der Waals surface area contributed by atoms with E-state index in [1.165, 1.54) is 12.8 Å². The van der Waals surface area contributed by atoms with Gasteiger partial charge in [-0.05, 0) is 55.8 Å². The van der Waals surface area contributed by atoms with Gasteiger partial charge in [-0.15, -0.1) is 0 Å². The van der Waals surface area contributed by atoms with E-state index in [2.05, 4.69) is 13.8 Å². The Balaban J connectivity index is 1.56. The molecule has 0 atom stereocenters. The van der Waals surface area contributed by atoms with Gasteiger partial charge in [0.2, 0.25) is 0 Å². The number of hydrogen-bond donors (Lipinski definition) is 0. The molecule has 0 heteroatoms. The van der Waals surface area contributed by atoms with Gasteiger partial charge < -0.3 is 0 Å². The second-order valence-corrected chi connectivity index (χ2v) is 5.46. The molecule has 0 unspecified atom stereocenters. The van der Waals surface area contributed by atoms with Gasteiger partial charge in [-0.1, -0.05) is 26.7 Å². The highest BCUT2D eigenvalue weighted by Gasteiger charge is 2.34. The van der Waals surface area contributed by atoms with E-state index in [0.717, 1.165) is 23.7 Å². The normalized spacial score (nSPS) is 43.8. The van der Waals surface area contributed by atoms with Crippen LogP contribution in [0.15, 0.2) is 0 Å². The van der Waals surface area contributed by atoms with Crippen LogP contribution in [0.5, 0.6) is 0 Å². The molecule has 0 radical (unpaired) electrons. The maximum atomic E-state index is 2.34. The molecule has 0 spiro atoms. The van der Waals surface area contributed by atoms with Gasteiger partial charge in [0.15, 0.2) is 0 Å². The summed E-state index contributed by atoms with van der Waals surface area (Å²) in [4.78, 5) is 0. The fraction of sp³-hybridized carbons (Fsp3) is 1.00. The average molecular weight is 180 g/mol. The summed E-state index contributed by atoms with van der Waals surface area (Å²) < 4.78 is 0. The molecule has 0 nitrogen and oxygen atoms in total. The molecular weight excluding hydrogens is 156 g/mol. The maximum absolute atomic E-state index is 2.34. The summed E-state index contributed by atoms with van der Waals surface area (Å²) in [5.74, 6) is 4.47. The monoisotopic (exact) mass is 180 g/mol. The lowest BCUT2D eigenvalue weighted by atomic mass is 9.64. The first-order valence-corrected chi connectivity index (χ1v) is 6.31. The molecule has 0 aliphatic heterocycles.